The standard InChI is InChI=1S/C19H28N2O3SSi/c1-14(13-23-26(5,6)19(2,3)4)24-16-10-8-7-9-15(16)17(22)21-18-20-11-12-25-18/h7-12,14H,13H2,1-6H3,(H,20,21,22)/t14-/m0/s1. The van der Waals surface area contributed by atoms with Gasteiger partial charge in [0.15, 0.2) is 13.4 Å². The zero-order valence-electron chi connectivity index (χ0n) is 16.3. The van der Waals surface area contributed by atoms with Gasteiger partial charge in [-0.25, -0.2) is 4.98 Å². The van der Waals surface area contributed by atoms with Crippen molar-refractivity contribution in [3.8, 4) is 5.75 Å². The molecule has 0 fully saturated rings. The summed E-state index contributed by atoms with van der Waals surface area (Å²) in [4.78, 5) is 16.6. The van der Waals surface area contributed by atoms with Crippen molar-refractivity contribution >= 4 is 30.7 Å². The molecule has 5 nitrogen and oxygen atoms in total. The van der Waals surface area contributed by atoms with Gasteiger partial charge in [0.05, 0.1) is 12.2 Å². The van der Waals surface area contributed by atoms with Crippen LogP contribution in [0.25, 0.3) is 0 Å². The summed E-state index contributed by atoms with van der Waals surface area (Å²) in [6.07, 6.45) is 1.50. The summed E-state index contributed by atoms with van der Waals surface area (Å²) in [7, 11) is -1.83. The van der Waals surface area contributed by atoms with Crippen molar-refractivity contribution in [3.05, 3.63) is 41.4 Å². The predicted octanol–water partition coefficient (Wildman–Crippen LogP) is 5.18. The number of carbonyl (C=O) groups excluding carboxylic acids is 1. The lowest BCUT2D eigenvalue weighted by Gasteiger charge is -2.37. The second kappa shape index (κ2) is 8.33. The second-order valence-electron chi connectivity index (χ2n) is 7.79. The quantitative estimate of drug-likeness (QED) is 0.659. The van der Waals surface area contributed by atoms with Crippen molar-refractivity contribution in [2.45, 2.75) is 51.9 Å². The van der Waals surface area contributed by atoms with E-state index >= 15 is 0 Å². The van der Waals surface area contributed by atoms with Crippen LogP contribution in [0, 0.1) is 0 Å². The monoisotopic (exact) mass is 392 g/mol. The van der Waals surface area contributed by atoms with Crippen LogP contribution < -0.4 is 10.1 Å². The molecule has 0 unspecified atom stereocenters. The molecule has 2 rings (SSSR count). The molecule has 142 valence electrons. The molecular weight excluding hydrogens is 364 g/mol. The van der Waals surface area contributed by atoms with Gasteiger partial charge in [-0.3, -0.25) is 10.1 Å². The number of aromatic nitrogens is 1. The lowest BCUT2D eigenvalue weighted by atomic mass is 10.2. The average Bonchev–Trinajstić information content (AvgIpc) is 3.05. The van der Waals surface area contributed by atoms with E-state index in [-0.39, 0.29) is 17.0 Å². The fourth-order valence-corrected chi connectivity index (χ4v) is 3.61. The van der Waals surface area contributed by atoms with Crippen LogP contribution in [-0.4, -0.2) is 31.9 Å². The van der Waals surface area contributed by atoms with Gasteiger partial charge >= 0.3 is 0 Å². The normalized spacial score (nSPS) is 13.3. The Balaban J connectivity index is 2.02. The van der Waals surface area contributed by atoms with Crippen molar-refractivity contribution in [2.75, 3.05) is 11.9 Å². The number of para-hydroxylation sites is 1. The number of nitrogens with zero attached hydrogens (tertiary/aromatic N) is 1. The molecule has 1 heterocycles. The number of hydrogen-bond acceptors (Lipinski definition) is 5. The van der Waals surface area contributed by atoms with E-state index in [1.165, 1.54) is 11.3 Å². The third kappa shape index (κ3) is 5.39. The van der Waals surface area contributed by atoms with Gasteiger partial charge in [-0.15, -0.1) is 11.3 Å². The predicted molar refractivity (Wildman–Crippen MR) is 110 cm³/mol. The first kappa shape index (κ1) is 20.6. The van der Waals surface area contributed by atoms with Crippen molar-refractivity contribution in [1.29, 1.82) is 0 Å². The lowest BCUT2D eigenvalue weighted by Crippen LogP contribution is -2.43. The van der Waals surface area contributed by atoms with Crippen LogP contribution in [0.5, 0.6) is 5.75 Å². The van der Waals surface area contributed by atoms with Gasteiger partial charge in [-0.05, 0) is 37.2 Å². The van der Waals surface area contributed by atoms with Crippen molar-refractivity contribution in [1.82, 2.24) is 4.98 Å². The highest BCUT2D eigenvalue weighted by molar-refractivity contribution is 7.13. The highest BCUT2D eigenvalue weighted by atomic mass is 32.1. The number of thiazole rings is 1. The van der Waals surface area contributed by atoms with Crippen LogP contribution >= 0.6 is 11.3 Å². The van der Waals surface area contributed by atoms with E-state index in [1.54, 1.807) is 18.3 Å². The van der Waals surface area contributed by atoms with Crippen LogP contribution in [0.15, 0.2) is 35.8 Å². The Morgan fingerprint density at radius 1 is 1.31 bits per heavy atom. The van der Waals surface area contributed by atoms with E-state index in [9.17, 15) is 4.79 Å². The molecule has 2 aromatic rings. The molecule has 1 amide bonds. The van der Waals surface area contributed by atoms with E-state index in [1.807, 2.05) is 24.4 Å². The smallest absolute Gasteiger partial charge is 0.261 e. The summed E-state index contributed by atoms with van der Waals surface area (Å²) in [5.41, 5.74) is 0.488. The first-order valence-electron chi connectivity index (χ1n) is 8.70. The number of hydrogen-bond donors (Lipinski definition) is 1. The van der Waals surface area contributed by atoms with Gasteiger partial charge in [0.1, 0.15) is 11.9 Å². The van der Waals surface area contributed by atoms with Crippen LogP contribution in [-0.2, 0) is 4.43 Å². The Kier molecular flexibility index (Phi) is 6.60. The number of nitrogens with one attached hydrogen (secondary N) is 1. The number of benzene rings is 1. The van der Waals surface area contributed by atoms with Crippen molar-refractivity contribution in [3.63, 3.8) is 0 Å². The third-order valence-corrected chi connectivity index (χ3v) is 9.79. The fourth-order valence-electron chi connectivity index (χ4n) is 2.00. The zero-order chi connectivity index (χ0) is 19.4. The Morgan fingerprint density at radius 2 is 2.00 bits per heavy atom. The minimum atomic E-state index is -1.83. The molecular formula is C19H28N2O3SSi. The molecule has 1 N–H and O–H groups in total. The lowest BCUT2D eigenvalue weighted by molar-refractivity contribution is 0.101. The molecule has 1 aromatic heterocycles. The summed E-state index contributed by atoms with van der Waals surface area (Å²) >= 11 is 1.38. The molecule has 0 aliphatic rings. The first-order valence-corrected chi connectivity index (χ1v) is 12.5. The molecule has 0 saturated heterocycles. The van der Waals surface area contributed by atoms with Crippen LogP contribution in [0.4, 0.5) is 5.13 Å². The van der Waals surface area contributed by atoms with Crippen LogP contribution in [0.2, 0.25) is 18.1 Å². The first-order chi connectivity index (χ1) is 12.1. The van der Waals surface area contributed by atoms with E-state index in [0.717, 1.165) is 0 Å². The summed E-state index contributed by atoms with van der Waals surface area (Å²) in [6.45, 7) is 13.5. The van der Waals surface area contributed by atoms with Crippen LogP contribution in [0.1, 0.15) is 38.1 Å². The van der Waals surface area contributed by atoms with E-state index in [2.05, 4.69) is 44.2 Å². The third-order valence-electron chi connectivity index (χ3n) is 4.60. The van der Waals surface area contributed by atoms with Gasteiger partial charge < -0.3 is 9.16 Å². The summed E-state index contributed by atoms with van der Waals surface area (Å²) in [5.74, 6) is 0.320. The topological polar surface area (TPSA) is 60.5 Å². The minimum Gasteiger partial charge on any atom is -0.488 e. The second-order valence-corrected chi connectivity index (χ2v) is 13.5. The van der Waals surface area contributed by atoms with Gasteiger partial charge in [-0.1, -0.05) is 32.9 Å². The molecule has 0 aliphatic heterocycles. The Hall–Kier alpha value is -1.70. The maximum absolute atomic E-state index is 12.5. The molecule has 0 saturated carbocycles. The molecule has 0 radical (unpaired) electrons. The van der Waals surface area contributed by atoms with Gasteiger partial charge in [-0.2, -0.15) is 0 Å². The average molecular weight is 393 g/mol. The molecule has 0 aliphatic carbocycles. The number of anilines is 1. The molecule has 0 spiro atoms. The van der Waals surface area contributed by atoms with Gasteiger partial charge in [0.2, 0.25) is 0 Å². The fraction of sp³-hybridized carbons (Fsp3) is 0.474. The highest BCUT2D eigenvalue weighted by Crippen LogP contribution is 2.36. The zero-order valence-corrected chi connectivity index (χ0v) is 18.1. The molecule has 26 heavy (non-hydrogen) atoms. The number of rotatable bonds is 7. The maximum Gasteiger partial charge on any atom is 0.261 e. The van der Waals surface area contributed by atoms with Gasteiger partial charge in [0, 0.05) is 11.6 Å². The Morgan fingerprint density at radius 3 is 2.62 bits per heavy atom. The van der Waals surface area contributed by atoms with E-state index in [4.69, 9.17) is 9.16 Å². The van der Waals surface area contributed by atoms with Crippen molar-refractivity contribution < 1.29 is 14.0 Å². The maximum atomic E-state index is 12.5. The molecule has 1 aromatic carbocycles. The Bertz CT molecular complexity index is 727. The summed E-state index contributed by atoms with van der Waals surface area (Å²) in [5, 5.41) is 5.33. The molecule has 0 bridgehead atoms. The number of ether oxygens (including phenoxy) is 1. The number of amides is 1. The highest BCUT2D eigenvalue weighted by Gasteiger charge is 2.37. The molecule has 7 heteroatoms. The SMILES string of the molecule is C[C@@H](CO[Si](C)(C)C(C)(C)C)Oc1ccccc1C(=O)Nc1nccs1. The Labute approximate surface area is 160 Å². The summed E-state index contributed by atoms with van der Waals surface area (Å²) < 4.78 is 12.2. The van der Waals surface area contributed by atoms with Crippen molar-refractivity contribution in [2.24, 2.45) is 0 Å². The minimum absolute atomic E-state index is 0.151. The number of carbonyl (C=O) groups is 1. The summed E-state index contributed by atoms with van der Waals surface area (Å²) in [6, 6.07) is 7.23. The molecule has 1 atom stereocenters. The van der Waals surface area contributed by atoms with E-state index < -0.39 is 8.32 Å². The largest absolute Gasteiger partial charge is 0.488 e. The van der Waals surface area contributed by atoms with Crippen LogP contribution in [0.3, 0.4) is 0 Å². The van der Waals surface area contributed by atoms with Gasteiger partial charge in [0.25, 0.3) is 5.91 Å². The van der Waals surface area contributed by atoms with E-state index in [0.29, 0.717) is 23.1 Å².